The van der Waals surface area contributed by atoms with Crippen LogP contribution in [0.5, 0.6) is 0 Å². The SMILES string of the molecule is Cc1ccnc(-c2cccc(-c3ccc4c(c3)cc(C)n4C)c2)c1. The van der Waals surface area contributed by atoms with Gasteiger partial charge in [-0.2, -0.15) is 0 Å². The molecule has 0 saturated carbocycles. The number of aryl methyl sites for hydroxylation is 3. The highest BCUT2D eigenvalue weighted by atomic mass is 14.9. The molecule has 0 unspecified atom stereocenters. The topological polar surface area (TPSA) is 17.8 Å². The van der Waals surface area contributed by atoms with Crippen molar-refractivity contribution in [2.45, 2.75) is 13.8 Å². The number of aromatic nitrogens is 2. The van der Waals surface area contributed by atoms with Gasteiger partial charge in [-0.15, -0.1) is 0 Å². The van der Waals surface area contributed by atoms with Crippen LogP contribution in [0.2, 0.25) is 0 Å². The van der Waals surface area contributed by atoms with Gasteiger partial charge in [0.2, 0.25) is 0 Å². The van der Waals surface area contributed by atoms with Crippen molar-refractivity contribution < 1.29 is 0 Å². The highest BCUT2D eigenvalue weighted by molar-refractivity contribution is 5.87. The van der Waals surface area contributed by atoms with Crippen LogP contribution in [0.3, 0.4) is 0 Å². The van der Waals surface area contributed by atoms with Crippen LogP contribution in [0.4, 0.5) is 0 Å². The number of hydrogen-bond donors (Lipinski definition) is 0. The lowest BCUT2D eigenvalue weighted by Gasteiger charge is -2.07. The van der Waals surface area contributed by atoms with E-state index in [0.29, 0.717) is 0 Å². The first kappa shape index (κ1) is 14.7. The number of hydrogen-bond acceptors (Lipinski definition) is 1. The van der Waals surface area contributed by atoms with E-state index in [1.54, 1.807) is 0 Å². The van der Waals surface area contributed by atoms with Crippen LogP contribution in [-0.2, 0) is 7.05 Å². The third-order valence-electron chi connectivity index (χ3n) is 4.69. The monoisotopic (exact) mass is 312 g/mol. The van der Waals surface area contributed by atoms with Gasteiger partial charge in [0.25, 0.3) is 0 Å². The smallest absolute Gasteiger partial charge is 0.0704 e. The molecule has 0 bridgehead atoms. The third kappa shape index (κ3) is 2.50. The van der Waals surface area contributed by atoms with E-state index in [9.17, 15) is 0 Å². The van der Waals surface area contributed by atoms with Crippen molar-refractivity contribution in [1.29, 1.82) is 0 Å². The Morgan fingerprint density at radius 1 is 0.792 bits per heavy atom. The van der Waals surface area contributed by atoms with Crippen molar-refractivity contribution in [2.24, 2.45) is 7.05 Å². The summed E-state index contributed by atoms with van der Waals surface area (Å²) < 4.78 is 2.23. The Bertz CT molecular complexity index is 1040. The minimum absolute atomic E-state index is 1.02. The van der Waals surface area contributed by atoms with Gasteiger partial charge >= 0.3 is 0 Å². The second kappa shape index (κ2) is 5.64. The van der Waals surface area contributed by atoms with Crippen molar-refractivity contribution in [2.75, 3.05) is 0 Å². The molecule has 4 rings (SSSR count). The fraction of sp³-hybridized carbons (Fsp3) is 0.136. The van der Waals surface area contributed by atoms with Gasteiger partial charge < -0.3 is 4.57 Å². The van der Waals surface area contributed by atoms with Gasteiger partial charge in [0.1, 0.15) is 0 Å². The second-order valence-electron chi connectivity index (χ2n) is 6.42. The van der Waals surface area contributed by atoms with Gasteiger partial charge in [-0.1, -0.05) is 24.3 Å². The Kier molecular flexibility index (Phi) is 3.46. The Hall–Kier alpha value is -2.87. The van der Waals surface area contributed by atoms with Gasteiger partial charge in [0, 0.05) is 35.4 Å². The third-order valence-corrected chi connectivity index (χ3v) is 4.69. The summed E-state index contributed by atoms with van der Waals surface area (Å²) in [4.78, 5) is 4.51. The summed E-state index contributed by atoms with van der Waals surface area (Å²) >= 11 is 0. The molecule has 0 spiro atoms. The summed E-state index contributed by atoms with van der Waals surface area (Å²) in [6.45, 7) is 4.24. The molecule has 4 aromatic rings. The normalized spacial score (nSPS) is 11.1. The molecule has 24 heavy (non-hydrogen) atoms. The van der Waals surface area contributed by atoms with Crippen LogP contribution in [0.15, 0.2) is 66.9 Å². The highest BCUT2D eigenvalue weighted by Crippen LogP contribution is 2.29. The van der Waals surface area contributed by atoms with Crippen LogP contribution in [0.1, 0.15) is 11.3 Å². The molecule has 2 heterocycles. The average molecular weight is 312 g/mol. The average Bonchev–Trinajstić information content (AvgIpc) is 2.89. The van der Waals surface area contributed by atoms with Gasteiger partial charge in [-0.05, 0) is 66.9 Å². The molecular formula is C22H20N2. The van der Waals surface area contributed by atoms with Crippen LogP contribution in [0, 0.1) is 13.8 Å². The van der Waals surface area contributed by atoms with Crippen molar-refractivity contribution in [3.05, 3.63) is 78.1 Å². The molecule has 2 nitrogen and oxygen atoms in total. The highest BCUT2D eigenvalue weighted by Gasteiger charge is 2.06. The fourth-order valence-corrected chi connectivity index (χ4v) is 3.22. The summed E-state index contributed by atoms with van der Waals surface area (Å²) in [5.74, 6) is 0. The lowest BCUT2D eigenvalue weighted by Crippen LogP contribution is -1.89. The summed E-state index contributed by atoms with van der Waals surface area (Å²) in [5, 5.41) is 1.28. The molecule has 0 aliphatic carbocycles. The molecule has 0 aliphatic rings. The summed E-state index contributed by atoms with van der Waals surface area (Å²) in [6, 6.07) is 21.7. The molecule has 0 aliphatic heterocycles. The number of fused-ring (bicyclic) bond motifs is 1. The van der Waals surface area contributed by atoms with Crippen LogP contribution >= 0.6 is 0 Å². The molecule has 0 fully saturated rings. The van der Waals surface area contributed by atoms with Gasteiger partial charge in [-0.25, -0.2) is 0 Å². The fourth-order valence-electron chi connectivity index (χ4n) is 3.22. The molecule has 2 heteroatoms. The molecule has 2 aromatic carbocycles. The van der Waals surface area contributed by atoms with E-state index in [0.717, 1.165) is 11.3 Å². The van der Waals surface area contributed by atoms with E-state index in [4.69, 9.17) is 0 Å². The standard InChI is InChI=1S/C22H20N2/c1-15-9-10-23-21(11-15)19-6-4-5-17(13-19)18-7-8-22-20(14-18)12-16(2)24(22)3/h4-14H,1-3H3. The van der Waals surface area contributed by atoms with Gasteiger partial charge in [0.15, 0.2) is 0 Å². The largest absolute Gasteiger partial charge is 0.348 e. The van der Waals surface area contributed by atoms with Crippen molar-refractivity contribution in [3.63, 3.8) is 0 Å². The predicted octanol–water partition coefficient (Wildman–Crippen LogP) is 5.52. The van der Waals surface area contributed by atoms with Crippen molar-refractivity contribution in [3.8, 4) is 22.4 Å². The maximum atomic E-state index is 4.51. The van der Waals surface area contributed by atoms with Crippen LogP contribution in [0.25, 0.3) is 33.3 Å². The summed E-state index contributed by atoms with van der Waals surface area (Å²) in [7, 11) is 2.11. The van der Waals surface area contributed by atoms with E-state index in [1.165, 1.54) is 33.3 Å². The zero-order chi connectivity index (χ0) is 16.7. The lowest BCUT2D eigenvalue weighted by atomic mass is 10.00. The van der Waals surface area contributed by atoms with E-state index >= 15 is 0 Å². The zero-order valence-corrected chi connectivity index (χ0v) is 14.2. The number of pyridine rings is 1. The van der Waals surface area contributed by atoms with Gasteiger partial charge in [0.05, 0.1) is 5.69 Å². The predicted molar refractivity (Wildman–Crippen MR) is 101 cm³/mol. The van der Waals surface area contributed by atoms with E-state index in [-0.39, 0.29) is 0 Å². The first-order valence-electron chi connectivity index (χ1n) is 8.21. The van der Waals surface area contributed by atoms with E-state index in [2.05, 4.69) is 85.0 Å². The molecule has 0 saturated heterocycles. The molecule has 0 amide bonds. The first-order chi connectivity index (χ1) is 11.6. The maximum Gasteiger partial charge on any atom is 0.0704 e. The van der Waals surface area contributed by atoms with Crippen molar-refractivity contribution in [1.82, 2.24) is 9.55 Å². The molecule has 0 radical (unpaired) electrons. The minimum atomic E-state index is 1.02. The summed E-state index contributed by atoms with van der Waals surface area (Å²) in [5.41, 5.74) is 8.41. The van der Waals surface area contributed by atoms with Crippen LogP contribution < -0.4 is 0 Å². The molecule has 0 N–H and O–H groups in total. The number of nitrogens with zero attached hydrogens (tertiary/aromatic N) is 2. The van der Waals surface area contributed by atoms with Gasteiger partial charge in [-0.3, -0.25) is 4.98 Å². The number of rotatable bonds is 2. The Labute approximate surface area is 142 Å². The van der Waals surface area contributed by atoms with E-state index in [1.807, 2.05) is 12.3 Å². The zero-order valence-electron chi connectivity index (χ0n) is 14.2. The Morgan fingerprint density at radius 2 is 1.58 bits per heavy atom. The maximum absolute atomic E-state index is 4.51. The molecule has 2 aromatic heterocycles. The Morgan fingerprint density at radius 3 is 2.42 bits per heavy atom. The molecule has 0 atom stereocenters. The Balaban J connectivity index is 1.81. The molecule has 118 valence electrons. The second-order valence-corrected chi connectivity index (χ2v) is 6.42. The summed E-state index contributed by atoms with van der Waals surface area (Å²) in [6.07, 6.45) is 1.87. The lowest BCUT2D eigenvalue weighted by molar-refractivity contribution is 0.918. The first-order valence-corrected chi connectivity index (χ1v) is 8.21. The van der Waals surface area contributed by atoms with E-state index < -0.39 is 0 Å². The molecular weight excluding hydrogens is 292 g/mol. The quantitative estimate of drug-likeness (QED) is 0.476. The minimum Gasteiger partial charge on any atom is -0.348 e. The number of benzene rings is 2. The van der Waals surface area contributed by atoms with Crippen molar-refractivity contribution >= 4 is 10.9 Å². The van der Waals surface area contributed by atoms with Crippen LogP contribution in [-0.4, -0.2) is 9.55 Å².